The summed E-state index contributed by atoms with van der Waals surface area (Å²) in [4.78, 5) is 27.0. The van der Waals surface area contributed by atoms with E-state index in [4.69, 9.17) is 4.74 Å². The quantitative estimate of drug-likeness (QED) is 0.341. The van der Waals surface area contributed by atoms with Crippen molar-refractivity contribution >= 4 is 28.5 Å². The van der Waals surface area contributed by atoms with Crippen LogP contribution in [-0.2, 0) is 31.7 Å². The molecule has 0 aliphatic carbocycles. The molecule has 8 nitrogen and oxygen atoms in total. The van der Waals surface area contributed by atoms with Crippen molar-refractivity contribution in [2.75, 3.05) is 37.7 Å². The minimum absolute atomic E-state index is 0.217. The highest BCUT2D eigenvalue weighted by Gasteiger charge is 2.48. The molecule has 1 unspecified atom stereocenters. The van der Waals surface area contributed by atoms with Gasteiger partial charge in [0.1, 0.15) is 15.7 Å². The van der Waals surface area contributed by atoms with Crippen LogP contribution in [0.1, 0.15) is 56.9 Å². The molecule has 2 fully saturated rings. The number of carbonyl (C=O) groups excluding carboxylic acids is 2. The van der Waals surface area contributed by atoms with Crippen LogP contribution < -0.4 is 10.4 Å². The number of hydrogen-bond acceptors (Lipinski definition) is 5. The Bertz CT molecular complexity index is 865. The molecular weight excluding hydrogens is 442 g/mol. The van der Waals surface area contributed by atoms with Gasteiger partial charge in [0, 0.05) is 45.0 Å². The van der Waals surface area contributed by atoms with E-state index in [1.807, 2.05) is 27.4 Å². The number of benzene rings is 1. The van der Waals surface area contributed by atoms with Crippen LogP contribution >= 0.6 is 0 Å². The molecule has 3 aliphatic rings. The molecule has 0 bridgehead atoms. The van der Waals surface area contributed by atoms with Crippen molar-refractivity contribution in [3.05, 3.63) is 29.8 Å². The molecule has 1 atom stereocenters. The van der Waals surface area contributed by atoms with Crippen LogP contribution in [0.4, 0.5) is 5.69 Å². The number of nitrogens with zero attached hydrogens (tertiary/aromatic N) is 2. The van der Waals surface area contributed by atoms with E-state index in [9.17, 15) is 19.0 Å². The second kappa shape index (κ2) is 11.1. The van der Waals surface area contributed by atoms with Gasteiger partial charge in [0.15, 0.2) is 0 Å². The number of fused-ring (bicyclic) bond motifs is 1. The van der Waals surface area contributed by atoms with Gasteiger partial charge in [-0.15, -0.1) is 0 Å². The molecule has 0 saturated carbocycles. The Labute approximate surface area is 198 Å². The van der Waals surface area contributed by atoms with Crippen LogP contribution in [0.25, 0.3) is 0 Å². The Morgan fingerprint density at radius 3 is 2.58 bits per heavy atom. The number of ether oxygens (including phenoxy) is 1. The summed E-state index contributed by atoms with van der Waals surface area (Å²) < 4.78 is 19.4. The number of anilines is 1. The van der Waals surface area contributed by atoms with Gasteiger partial charge in [-0.05, 0) is 56.1 Å². The summed E-state index contributed by atoms with van der Waals surface area (Å²) in [6.45, 7) is 2.90. The fourth-order valence-corrected chi connectivity index (χ4v) is 7.09. The first-order valence-electron chi connectivity index (χ1n) is 12.1. The average molecular weight is 478 g/mol. The van der Waals surface area contributed by atoms with Gasteiger partial charge in [-0.3, -0.25) is 14.8 Å². The van der Waals surface area contributed by atoms with E-state index in [-0.39, 0.29) is 5.91 Å². The lowest BCUT2D eigenvalue weighted by Gasteiger charge is -2.40. The summed E-state index contributed by atoms with van der Waals surface area (Å²) in [5.41, 5.74) is 4.06. The minimum atomic E-state index is -1.50. The SMILES string of the molecule is O=C(CCCCC1CCN(S(=O)C2(C(=O)NO)CCOCC2)CC1)N1CCc2ccccc21. The number of para-hydroxylation sites is 1. The molecule has 3 heterocycles. The third-order valence-electron chi connectivity index (χ3n) is 7.40. The molecule has 2 N–H and O–H groups in total. The summed E-state index contributed by atoms with van der Waals surface area (Å²) >= 11 is 0. The summed E-state index contributed by atoms with van der Waals surface area (Å²) in [6, 6.07) is 8.15. The molecule has 1 aromatic rings. The number of hydrogen-bond donors (Lipinski definition) is 2. The maximum Gasteiger partial charge on any atom is 0.263 e. The third-order valence-corrected chi connectivity index (χ3v) is 9.50. The molecule has 9 heteroatoms. The predicted octanol–water partition coefficient (Wildman–Crippen LogP) is 2.57. The summed E-state index contributed by atoms with van der Waals surface area (Å²) in [5.74, 6) is 0.198. The highest BCUT2D eigenvalue weighted by molar-refractivity contribution is 7.85. The molecule has 2 amide bonds. The molecule has 4 rings (SSSR count). The molecule has 1 aromatic carbocycles. The first-order valence-corrected chi connectivity index (χ1v) is 13.2. The lowest BCUT2D eigenvalue weighted by atomic mass is 9.92. The molecule has 0 radical (unpaired) electrons. The number of nitrogens with one attached hydrogen (secondary N) is 1. The second-order valence-corrected chi connectivity index (χ2v) is 11.1. The zero-order valence-electron chi connectivity index (χ0n) is 19.2. The number of unbranched alkanes of at least 4 members (excludes halogenated alkanes) is 1. The van der Waals surface area contributed by atoms with Crippen LogP contribution in [0.15, 0.2) is 24.3 Å². The lowest BCUT2D eigenvalue weighted by molar-refractivity contribution is -0.134. The monoisotopic (exact) mass is 477 g/mol. The Morgan fingerprint density at radius 2 is 1.85 bits per heavy atom. The van der Waals surface area contributed by atoms with E-state index >= 15 is 0 Å². The van der Waals surface area contributed by atoms with Crippen molar-refractivity contribution in [3.8, 4) is 0 Å². The van der Waals surface area contributed by atoms with Crippen molar-refractivity contribution in [1.29, 1.82) is 0 Å². The number of hydroxylamine groups is 1. The summed E-state index contributed by atoms with van der Waals surface area (Å²) in [7, 11) is -1.50. The van der Waals surface area contributed by atoms with Crippen LogP contribution in [-0.4, -0.2) is 63.1 Å². The van der Waals surface area contributed by atoms with Gasteiger partial charge in [0.25, 0.3) is 5.91 Å². The first kappa shape index (κ1) is 24.3. The van der Waals surface area contributed by atoms with Crippen molar-refractivity contribution in [1.82, 2.24) is 9.79 Å². The Hall–Kier alpha value is -1.81. The Kier molecular flexibility index (Phi) is 8.16. The molecule has 0 aromatic heterocycles. The summed E-state index contributed by atoms with van der Waals surface area (Å²) in [6.07, 6.45) is 7.07. The normalized spacial score (nSPS) is 22.0. The van der Waals surface area contributed by atoms with Gasteiger partial charge in [-0.1, -0.05) is 31.0 Å². The average Bonchev–Trinajstić information content (AvgIpc) is 3.30. The van der Waals surface area contributed by atoms with Crippen LogP contribution in [0, 0.1) is 5.92 Å². The highest BCUT2D eigenvalue weighted by atomic mass is 32.2. The molecule has 0 spiro atoms. The molecule has 182 valence electrons. The van der Waals surface area contributed by atoms with Crippen LogP contribution in [0.5, 0.6) is 0 Å². The van der Waals surface area contributed by atoms with Crippen LogP contribution in [0.3, 0.4) is 0 Å². The predicted molar refractivity (Wildman–Crippen MR) is 126 cm³/mol. The molecule has 3 aliphatic heterocycles. The fraction of sp³-hybridized carbons (Fsp3) is 0.667. The van der Waals surface area contributed by atoms with Gasteiger partial charge < -0.3 is 9.64 Å². The minimum Gasteiger partial charge on any atom is -0.381 e. The maximum absolute atomic E-state index is 13.3. The van der Waals surface area contributed by atoms with Gasteiger partial charge in [-0.25, -0.2) is 14.0 Å². The lowest BCUT2D eigenvalue weighted by Crippen LogP contribution is -2.57. The largest absolute Gasteiger partial charge is 0.381 e. The Morgan fingerprint density at radius 1 is 1.12 bits per heavy atom. The highest BCUT2D eigenvalue weighted by Crippen LogP contribution is 2.33. The van der Waals surface area contributed by atoms with E-state index in [1.54, 1.807) is 5.48 Å². The second-order valence-electron chi connectivity index (χ2n) is 9.34. The van der Waals surface area contributed by atoms with Crippen molar-refractivity contribution in [2.24, 2.45) is 5.92 Å². The smallest absolute Gasteiger partial charge is 0.263 e. The number of carbonyl (C=O) groups is 2. The molecular formula is C24H35N3O5S. The zero-order valence-corrected chi connectivity index (χ0v) is 20.0. The number of piperidine rings is 1. The van der Waals surface area contributed by atoms with Crippen molar-refractivity contribution in [2.45, 2.75) is 62.5 Å². The standard InChI is InChI=1S/C24H35N3O5S/c28-22(27-16-11-20-6-2-3-7-21(20)27)8-4-1-5-19-9-14-26(15-10-19)33(31)24(23(29)25-30)12-17-32-18-13-24/h2-3,6-7,19,30H,1,4-5,8-18H2,(H,25,29). The molecule has 33 heavy (non-hydrogen) atoms. The zero-order chi connectivity index (χ0) is 23.3. The van der Waals surface area contributed by atoms with Gasteiger partial charge in [0.05, 0.1) is 0 Å². The van der Waals surface area contributed by atoms with E-state index in [1.165, 1.54) is 5.56 Å². The maximum atomic E-state index is 13.3. The topological polar surface area (TPSA) is 99.2 Å². The molecule has 2 saturated heterocycles. The van der Waals surface area contributed by atoms with Gasteiger partial charge in [0.2, 0.25) is 5.91 Å². The van der Waals surface area contributed by atoms with E-state index < -0.39 is 21.6 Å². The van der Waals surface area contributed by atoms with Crippen molar-refractivity contribution < 1.29 is 23.7 Å². The first-order chi connectivity index (χ1) is 16.0. The van der Waals surface area contributed by atoms with E-state index in [2.05, 4.69) is 6.07 Å². The van der Waals surface area contributed by atoms with Gasteiger partial charge >= 0.3 is 0 Å². The summed E-state index contributed by atoms with van der Waals surface area (Å²) in [5, 5.41) is 9.20. The Balaban J connectivity index is 1.19. The van der Waals surface area contributed by atoms with Crippen molar-refractivity contribution in [3.63, 3.8) is 0 Å². The number of amides is 2. The van der Waals surface area contributed by atoms with E-state index in [0.717, 1.165) is 50.8 Å². The fourth-order valence-electron chi connectivity index (χ4n) is 5.34. The van der Waals surface area contributed by atoms with E-state index in [0.29, 0.717) is 51.5 Å². The number of rotatable bonds is 8. The van der Waals surface area contributed by atoms with Crippen LogP contribution in [0.2, 0.25) is 0 Å². The third kappa shape index (κ3) is 5.31. The van der Waals surface area contributed by atoms with Gasteiger partial charge in [-0.2, -0.15) is 0 Å².